The maximum atomic E-state index is 12.2. The minimum Gasteiger partial charge on any atom is -0.334 e. The minimum absolute atomic E-state index is 0.0507. The highest BCUT2D eigenvalue weighted by Crippen LogP contribution is 2.08. The Morgan fingerprint density at radius 3 is 2.47 bits per heavy atom. The van der Waals surface area contributed by atoms with E-state index in [2.05, 4.69) is 29.7 Å². The molecule has 2 N–H and O–H groups in total. The second-order valence-corrected chi connectivity index (χ2v) is 4.77. The smallest absolute Gasteiger partial charge is 0.270 e. The summed E-state index contributed by atoms with van der Waals surface area (Å²) < 4.78 is 0. The zero-order valence-electron chi connectivity index (χ0n) is 10.2. The molecule has 0 spiro atoms. The fraction of sp³-hybridized carbons (Fsp3) is 0.727. The molecule has 1 fully saturated rings. The maximum Gasteiger partial charge on any atom is 0.270 e. The number of nitrogens with zero attached hydrogens (tertiary/aromatic N) is 2. The Kier molecular flexibility index (Phi) is 3.42. The Balaban J connectivity index is 2.02. The standard InChI is InChI=1S/C11H18N4O2/c1-7-5-15(6-8(2)12-7)11(17)9-3-4-10(16)14-13-9/h7-8,12H,3-6H2,1-2H3,(H,14,16). The van der Waals surface area contributed by atoms with Crippen LogP contribution in [-0.2, 0) is 9.59 Å². The molecule has 0 bridgehead atoms. The van der Waals surface area contributed by atoms with Gasteiger partial charge in [-0.2, -0.15) is 5.10 Å². The second-order valence-electron chi connectivity index (χ2n) is 4.77. The largest absolute Gasteiger partial charge is 0.334 e. The molecule has 0 aromatic carbocycles. The van der Waals surface area contributed by atoms with Gasteiger partial charge in [-0.05, 0) is 13.8 Å². The van der Waals surface area contributed by atoms with Crippen molar-refractivity contribution in [2.45, 2.75) is 38.8 Å². The highest BCUT2D eigenvalue weighted by atomic mass is 16.2. The summed E-state index contributed by atoms with van der Waals surface area (Å²) in [6.07, 6.45) is 0.791. The summed E-state index contributed by atoms with van der Waals surface area (Å²) in [5.74, 6) is -0.172. The van der Waals surface area contributed by atoms with Crippen LogP contribution in [0.25, 0.3) is 0 Å². The first-order chi connectivity index (χ1) is 8.06. The van der Waals surface area contributed by atoms with Crippen molar-refractivity contribution in [3.8, 4) is 0 Å². The number of amides is 2. The van der Waals surface area contributed by atoms with Gasteiger partial charge in [-0.1, -0.05) is 0 Å². The number of carbonyl (C=O) groups is 2. The van der Waals surface area contributed by atoms with E-state index < -0.39 is 0 Å². The predicted molar refractivity (Wildman–Crippen MR) is 63.5 cm³/mol. The normalized spacial score (nSPS) is 29.6. The minimum atomic E-state index is -0.122. The summed E-state index contributed by atoms with van der Waals surface area (Å²) >= 11 is 0. The van der Waals surface area contributed by atoms with Crippen LogP contribution < -0.4 is 10.7 Å². The van der Waals surface area contributed by atoms with Crippen LogP contribution in [0.15, 0.2) is 5.10 Å². The Bertz CT molecular complexity index is 356. The molecule has 17 heavy (non-hydrogen) atoms. The molecule has 0 aromatic rings. The number of hydrazone groups is 1. The fourth-order valence-corrected chi connectivity index (χ4v) is 2.30. The van der Waals surface area contributed by atoms with Crippen molar-refractivity contribution in [3.05, 3.63) is 0 Å². The topological polar surface area (TPSA) is 73.8 Å². The molecule has 2 aliphatic heterocycles. The number of carbonyl (C=O) groups excluding carboxylic acids is 2. The van der Waals surface area contributed by atoms with E-state index in [4.69, 9.17) is 0 Å². The summed E-state index contributed by atoms with van der Waals surface area (Å²) in [6.45, 7) is 5.49. The third kappa shape index (κ3) is 2.82. The lowest BCUT2D eigenvalue weighted by Crippen LogP contribution is -2.57. The summed E-state index contributed by atoms with van der Waals surface area (Å²) in [4.78, 5) is 24.9. The van der Waals surface area contributed by atoms with Crippen LogP contribution in [0.3, 0.4) is 0 Å². The van der Waals surface area contributed by atoms with Crippen molar-refractivity contribution in [2.75, 3.05) is 13.1 Å². The Labute approximate surface area is 100 Å². The molecule has 2 rings (SSSR count). The molecule has 2 heterocycles. The van der Waals surface area contributed by atoms with Crippen molar-refractivity contribution in [1.82, 2.24) is 15.6 Å². The average molecular weight is 238 g/mol. The predicted octanol–water partition coefficient (Wildman–Crippen LogP) is -0.539. The zero-order valence-corrected chi connectivity index (χ0v) is 10.2. The highest BCUT2D eigenvalue weighted by molar-refractivity contribution is 6.39. The van der Waals surface area contributed by atoms with Gasteiger partial charge in [0.2, 0.25) is 5.91 Å². The molecule has 0 saturated carbocycles. The van der Waals surface area contributed by atoms with E-state index in [-0.39, 0.29) is 11.8 Å². The summed E-state index contributed by atoms with van der Waals surface area (Å²) in [6, 6.07) is 0.586. The number of hydrogen-bond acceptors (Lipinski definition) is 4. The van der Waals surface area contributed by atoms with Gasteiger partial charge in [-0.15, -0.1) is 0 Å². The summed E-state index contributed by atoms with van der Waals surface area (Å²) in [5, 5.41) is 7.21. The Hall–Kier alpha value is -1.43. The van der Waals surface area contributed by atoms with Gasteiger partial charge in [0.15, 0.2) is 0 Å². The first-order valence-corrected chi connectivity index (χ1v) is 5.97. The van der Waals surface area contributed by atoms with Crippen molar-refractivity contribution in [2.24, 2.45) is 5.10 Å². The molecular formula is C11H18N4O2. The number of piperazine rings is 1. The first kappa shape index (κ1) is 12.0. The van der Waals surface area contributed by atoms with E-state index in [0.29, 0.717) is 43.7 Å². The number of nitrogens with one attached hydrogen (secondary N) is 2. The van der Waals surface area contributed by atoms with Gasteiger partial charge in [0.1, 0.15) is 5.71 Å². The fourth-order valence-electron chi connectivity index (χ4n) is 2.30. The average Bonchev–Trinajstić information content (AvgIpc) is 2.28. The zero-order chi connectivity index (χ0) is 12.4. The van der Waals surface area contributed by atoms with Crippen molar-refractivity contribution in [3.63, 3.8) is 0 Å². The third-order valence-electron chi connectivity index (χ3n) is 3.00. The van der Waals surface area contributed by atoms with Gasteiger partial charge in [-0.3, -0.25) is 9.59 Å². The molecule has 0 aliphatic carbocycles. The third-order valence-corrected chi connectivity index (χ3v) is 3.00. The molecule has 2 amide bonds. The van der Waals surface area contributed by atoms with Crippen molar-refractivity contribution in [1.29, 1.82) is 0 Å². The van der Waals surface area contributed by atoms with Crippen molar-refractivity contribution >= 4 is 17.5 Å². The number of rotatable bonds is 1. The van der Waals surface area contributed by atoms with Gasteiger partial charge in [0.25, 0.3) is 5.91 Å². The molecule has 0 radical (unpaired) electrons. The summed E-state index contributed by atoms with van der Waals surface area (Å²) in [5.41, 5.74) is 2.82. The number of hydrogen-bond donors (Lipinski definition) is 2. The van der Waals surface area contributed by atoms with Gasteiger partial charge in [0, 0.05) is 38.0 Å². The Morgan fingerprint density at radius 1 is 1.29 bits per heavy atom. The lowest BCUT2D eigenvalue weighted by molar-refractivity contribution is -0.126. The van der Waals surface area contributed by atoms with Crippen LogP contribution in [0.1, 0.15) is 26.7 Å². The molecule has 1 saturated heterocycles. The molecule has 2 atom stereocenters. The van der Waals surface area contributed by atoms with Gasteiger partial charge in [0.05, 0.1) is 0 Å². The van der Waals surface area contributed by atoms with E-state index in [0.717, 1.165) is 0 Å². The van der Waals surface area contributed by atoms with Crippen LogP contribution in [0.4, 0.5) is 0 Å². The Morgan fingerprint density at radius 2 is 1.94 bits per heavy atom. The van der Waals surface area contributed by atoms with Crippen LogP contribution in [0.5, 0.6) is 0 Å². The SMILES string of the molecule is CC1CN(C(=O)C2=NNC(=O)CC2)CC(C)N1. The quantitative estimate of drug-likeness (QED) is 0.644. The first-order valence-electron chi connectivity index (χ1n) is 5.97. The maximum absolute atomic E-state index is 12.2. The molecule has 2 aliphatic rings. The second kappa shape index (κ2) is 4.83. The van der Waals surface area contributed by atoms with E-state index in [1.807, 2.05) is 4.90 Å². The van der Waals surface area contributed by atoms with Gasteiger partial charge >= 0.3 is 0 Å². The van der Waals surface area contributed by atoms with Crippen LogP contribution in [0, 0.1) is 0 Å². The van der Waals surface area contributed by atoms with Crippen LogP contribution in [0.2, 0.25) is 0 Å². The summed E-state index contributed by atoms with van der Waals surface area (Å²) in [7, 11) is 0. The molecule has 6 nitrogen and oxygen atoms in total. The van der Waals surface area contributed by atoms with Crippen LogP contribution >= 0.6 is 0 Å². The highest BCUT2D eigenvalue weighted by Gasteiger charge is 2.28. The van der Waals surface area contributed by atoms with E-state index in [9.17, 15) is 9.59 Å². The van der Waals surface area contributed by atoms with E-state index >= 15 is 0 Å². The molecular weight excluding hydrogens is 220 g/mol. The lowest BCUT2D eigenvalue weighted by atomic mass is 10.1. The molecule has 6 heteroatoms. The van der Waals surface area contributed by atoms with Gasteiger partial charge in [-0.25, -0.2) is 5.43 Å². The van der Waals surface area contributed by atoms with Gasteiger partial charge < -0.3 is 10.2 Å². The van der Waals surface area contributed by atoms with E-state index in [1.165, 1.54) is 0 Å². The van der Waals surface area contributed by atoms with Crippen LogP contribution in [-0.4, -0.2) is 47.6 Å². The van der Waals surface area contributed by atoms with E-state index in [1.54, 1.807) is 0 Å². The lowest BCUT2D eigenvalue weighted by Gasteiger charge is -2.36. The molecule has 0 aromatic heterocycles. The molecule has 2 unspecified atom stereocenters. The monoisotopic (exact) mass is 238 g/mol. The van der Waals surface area contributed by atoms with Crippen molar-refractivity contribution < 1.29 is 9.59 Å². The molecule has 94 valence electrons.